The summed E-state index contributed by atoms with van der Waals surface area (Å²) in [5.74, 6) is 1.12. The Kier molecular flexibility index (Phi) is 6.80. The number of para-hydroxylation sites is 2. The molecular weight excluding hydrogens is 408 g/mol. The molecule has 1 amide bonds. The van der Waals surface area contributed by atoms with E-state index in [0.717, 1.165) is 42.1 Å². The van der Waals surface area contributed by atoms with Crippen LogP contribution in [0.15, 0.2) is 71.5 Å². The summed E-state index contributed by atoms with van der Waals surface area (Å²) in [5.41, 5.74) is 4.39. The number of aromatic nitrogens is 1. The Balaban J connectivity index is 1.69. The number of hydrogen-bond donors (Lipinski definition) is 0. The number of anilines is 1. The number of amides is 1. The van der Waals surface area contributed by atoms with Gasteiger partial charge in [-0.15, -0.1) is 0 Å². The predicted octanol–water partition coefficient (Wildman–Crippen LogP) is 6.02. The lowest BCUT2D eigenvalue weighted by Gasteiger charge is -2.27. The first-order chi connectivity index (χ1) is 15.8. The van der Waals surface area contributed by atoms with Crippen LogP contribution in [0.3, 0.4) is 0 Å². The second-order valence-corrected chi connectivity index (χ2v) is 9.73. The fourth-order valence-electron chi connectivity index (χ4n) is 4.53. The monoisotopic (exact) mass is 442 g/mol. The molecule has 0 atom stereocenters. The molecule has 0 radical (unpaired) electrons. The van der Waals surface area contributed by atoms with E-state index in [1.807, 2.05) is 43.3 Å². The normalized spacial score (nSPS) is 15.6. The molecule has 0 fully saturated rings. The van der Waals surface area contributed by atoms with E-state index in [1.54, 1.807) is 0 Å². The van der Waals surface area contributed by atoms with Crippen LogP contribution in [0.5, 0.6) is 0 Å². The summed E-state index contributed by atoms with van der Waals surface area (Å²) in [6.45, 7) is 13.9. The number of nitrogens with zero attached hydrogens (tertiary/aromatic N) is 4. The topological polar surface area (TPSA) is 40.8 Å². The van der Waals surface area contributed by atoms with Crippen molar-refractivity contribution in [3.05, 3.63) is 71.9 Å². The van der Waals surface area contributed by atoms with Gasteiger partial charge in [0.05, 0.1) is 23.6 Å². The van der Waals surface area contributed by atoms with Crippen LogP contribution in [0.1, 0.15) is 40.2 Å². The Bertz CT molecular complexity index is 1180. The maximum Gasteiger partial charge on any atom is 0.280 e. The highest BCUT2D eigenvalue weighted by Gasteiger charge is 2.29. The average Bonchev–Trinajstić information content (AvgIpc) is 3.26. The summed E-state index contributed by atoms with van der Waals surface area (Å²) in [5, 5.41) is 7.18. The van der Waals surface area contributed by atoms with Gasteiger partial charge in [-0.2, -0.15) is 10.1 Å². The van der Waals surface area contributed by atoms with Crippen LogP contribution in [0, 0.1) is 11.8 Å². The lowest BCUT2D eigenvalue weighted by molar-refractivity contribution is -0.114. The summed E-state index contributed by atoms with van der Waals surface area (Å²) in [7, 11) is 0. The smallest absolute Gasteiger partial charge is 0.280 e. The van der Waals surface area contributed by atoms with Crippen molar-refractivity contribution >= 4 is 34.3 Å². The minimum Gasteiger partial charge on any atom is -0.333 e. The zero-order valence-electron chi connectivity index (χ0n) is 20.3. The van der Waals surface area contributed by atoms with E-state index in [4.69, 9.17) is 0 Å². The first-order valence-corrected chi connectivity index (χ1v) is 11.8. The predicted molar refractivity (Wildman–Crippen MR) is 138 cm³/mol. The van der Waals surface area contributed by atoms with Gasteiger partial charge in [0.15, 0.2) is 0 Å². The van der Waals surface area contributed by atoms with Crippen LogP contribution in [-0.4, -0.2) is 34.2 Å². The molecule has 33 heavy (non-hydrogen) atoms. The Labute approximate surface area is 197 Å². The minimum atomic E-state index is -0.0863. The van der Waals surface area contributed by atoms with Gasteiger partial charge in [0, 0.05) is 35.8 Å². The van der Waals surface area contributed by atoms with Crippen molar-refractivity contribution in [2.24, 2.45) is 16.9 Å². The van der Waals surface area contributed by atoms with Crippen molar-refractivity contribution < 1.29 is 4.79 Å². The maximum absolute atomic E-state index is 13.2. The van der Waals surface area contributed by atoms with E-state index in [1.165, 1.54) is 10.5 Å². The van der Waals surface area contributed by atoms with Gasteiger partial charge in [-0.25, -0.2) is 0 Å². The Morgan fingerprint density at radius 2 is 1.58 bits per heavy atom. The average molecular weight is 443 g/mol. The molecule has 172 valence electrons. The van der Waals surface area contributed by atoms with Crippen molar-refractivity contribution in [2.75, 3.05) is 18.1 Å². The molecule has 0 spiro atoms. The van der Waals surface area contributed by atoms with Crippen molar-refractivity contribution in [1.82, 2.24) is 9.47 Å². The van der Waals surface area contributed by atoms with Crippen LogP contribution in [0.25, 0.3) is 17.0 Å². The highest BCUT2D eigenvalue weighted by atomic mass is 16.2. The summed E-state index contributed by atoms with van der Waals surface area (Å²) < 4.78 is 2.31. The molecule has 0 saturated carbocycles. The van der Waals surface area contributed by atoms with Gasteiger partial charge < -0.3 is 4.57 Å². The fraction of sp³-hybridized carbons (Fsp3) is 0.357. The molecular formula is C28H34N4O. The van der Waals surface area contributed by atoms with E-state index < -0.39 is 0 Å². The Morgan fingerprint density at radius 3 is 2.24 bits per heavy atom. The standard InChI is InChI=1S/C28H34N4O/c1-20(2)16-30(17-21(3)4)19-31-18-23(25-13-9-10-14-27(25)31)15-26-22(5)29-32(28(26)33)24-11-7-6-8-12-24/h6-15,18,20-21H,16-17,19H2,1-5H3/b26-15-. The van der Waals surface area contributed by atoms with Crippen LogP contribution in [0.4, 0.5) is 5.69 Å². The molecule has 0 N–H and O–H groups in total. The largest absolute Gasteiger partial charge is 0.333 e. The third-order valence-electron chi connectivity index (χ3n) is 5.78. The van der Waals surface area contributed by atoms with Crippen LogP contribution >= 0.6 is 0 Å². The second kappa shape index (κ2) is 9.75. The van der Waals surface area contributed by atoms with Gasteiger partial charge in [0.1, 0.15) is 0 Å². The molecule has 0 saturated heterocycles. The minimum absolute atomic E-state index is 0.0863. The summed E-state index contributed by atoms with van der Waals surface area (Å²) in [6, 6.07) is 18.0. The molecule has 0 bridgehead atoms. The zero-order valence-corrected chi connectivity index (χ0v) is 20.3. The van der Waals surface area contributed by atoms with Gasteiger partial charge in [-0.1, -0.05) is 64.1 Å². The first-order valence-electron chi connectivity index (χ1n) is 11.8. The molecule has 1 aromatic heterocycles. The van der Waals surface area contributed by atoms with Gasteiger partial charge >= 0.3 is 0 Å². The van der Waals surface area contributed by atoms with Crippen LogP contribution < -0.4 is 5.01 Å². The van der Waals surface area contributed by atoms with E-state index in [0.29, 0.717) is 17.4 Å². The third-order valence-corrected chi connectivity index (χ3v) is 5.78. The molecule has 1 aliphatic heterocycles. The van der Waals surface area contributed by atoms with Gasteiger partial charge in [0.25, 0.3) is 5.91 Å². The SMILES string of the molecule is CC1=NN(c2ccccc2)C(=O)/C1=C\c1cn(CN(CC(C)C)CC(C)C)c2ccccc12. The van der Waals surface area contributed by atoms with Crippen molar-refractivity contribution in [1.29, 1.82) is 0 Å². The lowest BCUT2D eigenvalue weighted by atomic mass is 10.1. The van der Waals surface area contributed by atoms with Gasteiger partial charge in [-0.3, -0.25) is 9.69 Å². The number of fused-ring (bicyclic) bond motifs is 1. The van der Waals surface area contributed by atoms with E-state index in [2.05, 4.69) is 72.7 Å². The fourth-order valence-corrected chi connectivity index (χ4v) is 4.53. The van der Waals surface area contributed by atoms with E-state index >= 15 is 0 Å². The third kappa shape index (κ3) is 5.09. The molecule has 2 heterocycles. The zero-order chi connectivity index (χ0) is 23.5. The Morgan fingerprint density at radius 1 is 0.939 bits per heavy atom. The number of carbonyl (C=O) groups excluding carboxylic acids is 1. The highest BCUT2D eigenvalue weighted by molar-refractivity contribution is 6.32. The number of hydrazone groups is 1. The molecule has 5 heteroatoms. The molecule has 2 aromatic carbocycles. The first kappa shape index (κ1) is 23.0. The maximum atomic E-state index is 13.2. The number of benzene rings is 2. The van der Waals surface area contributed by atoms with Crippen LogP contribution in [0.2, 0.25) is 0 Å². The van der Waals surface area contributed by atoms with Gasteiger partial charge in [0.2, 0.25) is 0 Å². The summed E-state index contributed by atoms with van der Waals surface area (Å²) >= 11 is 0. The molecule has 3 aromatic rings. The number of hydrogen-bond acceptors (Lipinski definition) is 3. The Hall–Kier alpha value is -3.18. The quantitative estimate of drug-likeness (QED) is 0.400. The lowest BCUT2D eigenvalue weighted by Crippen LogP contribution is -2.33. The number of carbonyl (C=O) groups is 1. The summed E-state index contributed by atoms with van der Waals surface area (Å²) in [6.07, 6.45) is 4.18. The highest BCUT2D eigenvalue weighted by Crippen LogP contribution is 2.28. The molecule has 4 rings (SSSR count). The molecule has 5 nitrogen and oxygen atoms in total. The van der Waals surface area contributed by atoms with E-state index in [9.17, 15) is 4.79 Å². The van der Waals surface area contributed by atoms with Crippen molar-refractivity contribution in [3.8, 4) is 0 Å². The van der Waals surface area contributed by atoms with Crippen molar-refractivity contribution in [3.63, 3.8) is 0 Å². The number of rotatable bonds is 8. The summed E-state index contributed by atoms with van der Waals surface area (Å²) in [4.78, 5) is 15.7. The van der Waals surface area contributed by atoms with Gasteiger partial charge in [-0.05, 0) is 43.0 Å². The second-order valence-electron chi connectivity index (χ2n) is 9.73. The molecule has 0 unspecified atom stereocenters. The molecule has 1 aliphatic rings. The molecule has 0 aliphatic carbocycles. The van der Waals surface area contributed by atoms with E-state index in [-0.39, 0.29) is 5.91 Å². The van der Waals surface area contributed by atoms with Crippen molar-refractivity contribution in [2.45, 2.75) is 41.3 Å². The van der Waals surface area contributed by atoms with Crippen LogP contribution in [-0.2, 0) is 11.5 Å².